The molecule has 4 heteroatoms. The Hall–Kier alpha value is -1.55. The lowest BCUT2D eigenvalue weighted by molar-refractivity contribution is 0.424. The van der Waals surface area contributed by atoms with Gasteiger partial charge in [0.25, 0.3) is 0 Å². The van der Waals surface area contributed by atoms with E-state index in [-0.39, 0.29) is 5.92 Å². The number of benzene rings is 1. The van der Waals surface area contributed by atoms with E-state index in [1.54, 1.807) is 0 Å². The molecule has 1 aromatic carbocycles. The van der Waals surface area contributed by atoms with Crippen molar-refractivity contribution < 1.29 is 4.42 Å². The number of aryl methyl sites for hydroxylation is 2. The molecule has 1 aliphatic rings. The molecule has 0 spiro atoms. The van der Waals surface area contributed by atoms with E-state index in [9.17, 15) is 0 Å². The van der Waals surface area contributed by atoms with Gasteiger partial charge in [-0.2, -0.15) is 0 Å². The van der Waals surface area contributed by atoms with Crippen LogP contribution in [0.25, 0.3) is 10.9 Å². The first-order valence-corrected chi connectivity index (χ1v) is 7.74. The Bertz CT molecular complexity index is 787. The number of nitrogens with zero attached hydrogens (tertiary/aromatic N) is 1. The first-order valence-electron chi connectivity index (χ1n) is 6.94. The van der Waals surface area contributed by atoms with Gasteiger partial charge in [-0.15, -0.1) is 0 Å². The minimum atomic E-state index is 0.263. The van der Waals surface area contributed by atoms with Gasteiger partial charge in [0.1, 0.15) is 5.76 Å². The Morgan fingerprint density at radius 1 is 1.40 bits per heavy atom. The van der Waals surface area contributed by atoms with Crippen LogP contribution in [0.1, 0.15) is 41.7 Å². The Balaban J connectivity index is 1.90. The molecule has 102 valence electrons. The van der Waals surface area contributed by atoms with Crippen LogP contribution in [-0.4, -0.2) is 9.97 Å². The van der Waals surface area contributed by atoms with Crippen molar-refractivity contribution in [2.24, 2.45) is 0 Å². The van der Waals surface area contributed by atoms with Gasteiger partial charge in [-0.25, -0.2) is 4.98 Å². The van der Waals surface area contributed by atoms with Gasteiger partial charge in [0.15, 0.2) is 0 Å². The van der Waals surface area contributed by atoms with Crippen LogP contribution in [-0.2, 0) is 6.42 Å². The molecule has 3 nitrogen and oxygen atoms in total. The van der Waals surface area contributed by atoms with E-state index in [1.807, 2.05) is 13.1 Å². The summed E-state index contributed by atoms with van der Waals surface area (Å²) in [7, 11) is 0. The zero-order valence-corrected chi connectivity index (χ0v) is 12.8. The fourth-order valence-electron chi connectivity index (χ4n) is 3.22. The smallest absolute Gasteiger partial charge is 0.203 e. The predicted molar refractivity (Wildman–Crippen MR) is 82.0 cm³/mol. The maximum Gasteiger partial charge on any atom is 0.203 e. The summed E-state index contributed by atoms with van der Waals surface area (Å²) in [5.74, 6) is 1.98. The average Bonchev–Trinajstić information content (AvgIpc) is 3.02. The van der Waals surface area contributed by atoms with Crippen molar-refractivity contribution in [2.45, 2.75) is 32.1 Å². The lowest BCUT2D eigenvalue weighted by Crippen LogP contribution is -2.10. The SMILES string of the molecule is Cc1cnc(C2CCCc3c2[nH]c2ccc(Br)cc32)o1. The number of nitrogens with one attached hydrogen (secondary N) is 1. The highest BCUT2D eigenvalue weighted by atomic mass is 79.9. The van der Waals surface area contributed by atoms with Crippen molar-refractivity contribution in [1.29, 1.82) is 0 Å². The van der Waals surface area contributed by atoms with Gasteiger partial charge >= 0.3 is 0 Å². The predicted octanol–water partition coefficient (Wildman–Crippen LogP) is 4.70. The van der Waals surface area contributed by atoms with Crippen molar-refractivity contribution in [1.82, 2.24) is 9.97 Å². The zero-order chi connectivity index (χ0) is 13.7. The first-order chi connectivity index (χ1) is 9.72. The fraction of sp³-hybridized carbons (Fsp3) is 0.312. The summed E-state index contributed by atoms with van der Waals surface area (Å²) < 4.78 is 6.89. The molecule has 0 amide bonds. The molecule has 0 bridgehead atoms. The van der Waals surface area contributed by atoms with Gasteiger partial charge in [-0.05, 0) is 49.9 Å². The summed E-state index contributed by atoms with van der Waals surface area (Å²) in [5, 5.41) is 1.32. The molecule has 3 aromatic rings. The van der Waals surface area contributed by atoms with Crippen LogP contribution < -0.4 is 0 Å². The van der Waals surface area contributed by atoms with E-state index in [0.717, 1.165) is 29.0 Å². The summed E-state index contributed by atoms with van der Waals surface area (Å²) in [4.78, 5) is 8.01. The highest BCUT2D eigenvalue weighted by molar-refractivity contribution is 9.10. The Morgan fingerprint density at radius 3 is 3.10 bits per heavy atom. The molecule has 0 radical (unpaired) electrons. The van der Waals surface area contributed by atoms with Crippen LogP contribution >= 0.6 is 15.9 Å². The third kappa shape index (κ3) is 1.82. The first kappa shape index (κ1) is 12.2. The molecule has 0 saturated carbocycles. The molecule has 1 unspecified atom stereocenters. The number of hydrogen-bond donors (Lipinski definition) is 1. The Labute approximate surface area is 125 Å². The molecule has 20 heavy (non-hydrogen) atoms. The highest BCUT2D eigenvalue weighted by Gasteiger charge is 2.28. The molecular formula is C16H15BrN2O. The van der Waals surface area contributed by atoms with Gasteiger partial charge < -0.3 is 9.40 Å². The van der Waals surface area contributed by atoms with E-state index >= 15 is 0 Å². The maximum absolute atomic E-state index is 5.76. The Morgan fingerprint density at radius 2 is 2.30 bits per heavy atom. The molecule has 0 fully saturated rings. The van der Waals surface area contributed by atoms with Crippen molar-refractivity contribution in [2.75, 3.05) is 0 Å². The number of rotatable bonds is 1. The van der Waals surface area contributed by atoms with Crippen molar-refractivity contribution >= 4 is 26.8 Å². The van der Waals surface area contributed by atoms with Gasteiger partial charge in [0.2, 0.25) is 5.89 Å². The van der Waals surface area contributed by atoms with Crippen LogP contribution in [0, 0.1) is 6.92 Å². The van der Waals surface area contributed by atoms with Crippen molar-refractivity contribution in [3.63, 3.8) is 0 Å². The normalized spacial score (nSPS) is 18.4. The summed E-state index contributed by atoms with van der Waals surface area (Å²) in [6.45, 7) is 1.95. The molecular weight excluding hydrogens is 316 g/mol. The van der Waals surface area contributed by atoms with Gasteiger partial charge in [0.05, 0.1) is 12.1 Å². The molecule has 0 aliphatic heterocycles. The third-order valence-corrected chi connectivity index (χ3v) is 4.60. The van der Waals surface area contributed by atoms with Gasteiger partial charge in [-0.1, -0.05) is 15.9 Å². The van der Waals surface area contributed by atoms with E-state index in [2.05, 4.69) is 44.1 Å². The minimum absolute atomic E-state index is 0.263. The fourth-order valence-corrected chi connectivity index (χ4v) is 3.58. The van der Waals surface area contributed by atoms with Crippen molar-refractivity contribution in [3.05, 3.63) is 51.8 Å². The van der Waals surface area contributed by atoms with E-state index in [0.29, 0.717) is 0 Å². The number of oxazole rings is 1. The summed E-state index contributed by atoms with van der Waals surface area (Å²) >= 11 is 3.56. The minimum Gasteiger partial charge on any atom is -0.445 e. The van der Waals surface area contributed by atoms with Crippen LogP contribution in [0.4, 0.5) is 0 Å². The number of aromatic amines is 1. The largest absolute Gasteiger partial charge is 0.445 e. The average molecular weight is 331 g/mol. The van der Waals surface area contributed by atoms with Crippen molar-refractivity contribution in [3.8, 4) is 0 Å². The molecule has 1 N–H and O–H groups in total. The number of H-pyrrole nitrogens is 1. The quantitative estimate of drug-likeness (QED) is 0.702. The second-order valence-corrected chi connectivity index (χ2v) is 6.38. The van der Waals surface area contributed by atoms with Crippen LogP contribution in [0.3, 0.4) is 0 Å². The standard InChI is InChI=1S/C16H15BrN2O/c1-9-8-18-16(20-9)12-4-2-3-11-13-7-10(17)5-6-14(13)19-15(11)12/h5-8,12,19H,2-4H2,1H3. The molecule has 1 aliphatic carbocycles. The second kappa shape index (κ2) is 4.48. The maximum atomic E-state index is 5.76. The van der Waals surface area contributed by atoms with E-state index in [4.69, 9.17) is 4.42 Å². The van der Waals surface area contributed by atoms with Gasteiger partial charge in [0, 0.05) is 21.1 Å². The number of halogens is 1. The number of fused-ring (bicyclic) bond motifs is 3. The number of aromatic nitrogens is 2. The lowest BCUT2D eigenvalue weighted by atomic mass is 9.86. The summed E-state index contributed by atoms with van der Waals surface area (Å²) in [5.41, 5.74) is 3.91. The second-order valence-electron chi connectivity index (χ2n) is 5.46. The molecule has 0 saturated heterocycles. The lowest BCUT2D eigenvalue weighted by Gasteiger charge is -2.19. The zero-order valence-electron chi connectivity index (χ0n) is 11.2. The topological polar surface area (TPSA) is 41.8 Å². The van der Waals surface area contributed by atoms with Crippen LogP contribution in [0.5, 0.6) is 0 Å². The third-order valence-electron chi connectivity index (χ3n) is 4.11. The van der Waals surface area contributed by atoms with Crippen LogP contribution in [0.15, 0.2) is 33.3 Å². The van der Waals surface area contributed by atoms with Gasteiger partial charge in [-0.3, -0.25) is 0 Å². The highest BCUT2D eigenvalue weighted by Crippen LogP contribution is 2.39. The summed E-state index contributed by atoms with van der Waals surface area (Å²) in [6, 6.07) is 6.41. The summed E-state index contributed by atoms with van der Waals surface area (Å²) in [6.07, 6.45) is 5.21. The molecule has 2 heterocycles. The Kier molecular flexibility index (Phi) is 2.74. The van der Waals surface area contributed by atoms with E-state index in [1.165, 1.54) is 28.6 Å². The molecule has 1 atom stereocenters. The molecule has 2 aromatic heterocycles. The monoisotopic (exact) mass is 330 g/mol. The number of hydrogen-bond acceptors (Lipinski definition) is 2. The van der Waals surface area contributed by atoms with Crippen LogP contribution in [0.2, 0.25) is 0 Å². The molecule has 4 rings (SSSR count). The van der Waals surface area contributed by atoms with E-state index < -0.39 is 0 Å².